The summed E-state index contributed by atoms with van der Waals surface area (Å²) in [5.41, 5.74) is 0.992. The van der Waals surface area contributed by atoms with Crippen molar-refractivity contribution in [3.63, 3.8) is 0 Å². The Morgan fingerprint density at radius 3 is 2.29 bits per heavy atom. The van der Waals surface area contributed by atoms with E-state index in [-0.39, 0.29) is 11.7 Å². The van der Waals surface area contributed by atoms with E-state index in [9.17, 15) is 19.4 Å². The van der Waals surface area contributed by atoms with Gasteiger partial charge in [0, 0.05) is 19.6 Å². The molecule has 1 aromatic rings. The maximum Gasteiger partial charge on any atom is 0.234 e. The van der Waals surface area contributed by atoms with E-state index >= 15 is 0 Å². The predicted octanol–water partition coefficient (Wildman–Crippen LogP) is 0.548. The van der Waals surface area contributed by atoms with E-state index in [0.29, 0.717) is 44.2 Å². The molecule has 2 aliphatic rings. The number of benzene rings is 1. The van der Waals surface area contributed by atoms with Crippen molar-refractivity contribution in [1.82, 2.24) is 10.2 Å². The van der Waals surface area contributed by atoms with Gasteiger partial charge >= 0.3 is 0 Å². The minimum absolute atomic E-state index is 0.0168. The molecule has 1 aromatic carbocycles. The minimum atomic E-state index is -0.629. The number of rotatable bonds is 5. The number of aliphatic hydroxyl groups excluding tert-OH is 2. The van der Waals surface area contributed by atoms with Gasteiger partial charge in [-0.1, -0.05) is 12.1 Å². The highest BCUT2D eigenvalue weighted by molar-refractivity contribution is 5.78. The Labute approximate surface area is 141 Å². The number of nitrogens with one attached hydrogen (secondary N) is 1. The standard InChI is InChI=1S/C18H25FN2O3/c19-15-3-1-12(2-4-15)5-6-20-18(24)11-21-9-13-7-16(22)17(23)8-14(13)10-21/h1-4,13-14,16-17,22-23H,5-11H2,(H,20,24)/t13-,14+,16-,17-/m0/s1. The molecule has 3 rings (SSSR count). The van der Waals surface area contributed by atoms with E-state index in [1.165, 1.54) is 12.1 Å². The number of carbonyl (C=O) groups excluding carboxylic acids is 1. The highest BCUT2D eigenvalue weighted by Crippen LogP contribution is 2.36. The lowest BCUT2D eigenvalue weighted by Gasteiger charge is -2.32. The molecule has 0 bridgehead atoms. The Morgan fingerprint density at radius 1 is 1.12 bits per heavy atom. The third-order valence-electron chi connectivity index (χ3n) is 5.20. The van der Waals surface area contributed by atoms with Gasteiger partial charge in [-0.2, -0.15) is 0 Å². The van der Waals surface area contributed by atoms with Crippen LogP contribution in [0.15, 0.2) is 24.3 Å². The average molecular weight is 336 g/mol. The van der Waals surface area contributed by atoms with Crippen LogP contribution in [0.25, 0.3) is 0 Å². The first-order valence-electron chi connectivity index (χ1n) is 8.61. The number of fused-ring (bicyclic) bond motifs is 1. The van der Waals surface area contributed by atoms with E-state index in [4.69, 9.17) is 0 Å². The fraction of sp³-hybridized carbons (Fsp3) is 0.611. The Morgan fingerprint density at radius 2 is 1.71 bits per heavy atom. The third kappa shape index (κ3) is 4.32. The highest BCUT2D eigenvalue weighted by Gasteiger charge is 2.41. The SMILES string of the molecule is O=C(CN1C[C@H]2C[C@H](O)[C@@H](O)C[C@H]2C1)NCCc1ccc(F)cc1. The van der Waals surface area contributed by atoms with Crippen LogP contribution in [-0.2, 0) is 11.2 Å². The number of carbonyl (C=O) groups is 1. The zero-order valence-electron chi connectivity index (χ0n) is 13.7. The summed E-state index contributed by atoms with van der Waals surface area (Å²) in [4.78, 5) is 14.2. The molecule has 24 heavy (non-hydrogen) atoms. The second-order valence-corrected chi connectivity index (χ2v) is 7.05. The first-order valence-corrected chi connectivity index (χ1v) is 8.61. The molecule has 1 aliphatic carbocycles. The summed E-state index contributed by atoms with van der Waals surface area (Å²) in [5.74, 6) is 0.469. The summed E-state index contributed by atoms with van der Waals surface area (Å²) in [5, 5.41) is 22.4. The molecule has 1 saturated carbocycles. The first-order chi connectivity index (χ1) is 11.5. The molecule has 1 heterocycles. The van der Waals surface area contributed by atoms with E-state index in [1.807, 2.05) is 0 Å². The van der Waals surface area contributed by atoms with Gasteiger partial charge in [-0.15, -0.1) is 0 Å². The van der Waals surface area contributed by atoms with Crippen molar-refractivity contribution in [3.05, 3.63) is 35.6 Å². The summed E-state index contributed by atoms with van der Waals surface area (Å²) in [7, 11) is 0. The zero-order valence-corrected chi connectivity index (χ0v) is 13.7. The average Bonchev–Trinajstić information content (AvgIpc) is 2.90. The van der Waals surface area contributed by atoms with Gasteiger partial charge in [0.25, 0.3) is 0 Å². The topological polar surface area (TPSA) is 72.8 Å². The number of halogens is 1. The molecule has 1 saturated heterocycles. The lowest BCUT2D eigenvalue weighted by Crippen LogP contribution is -2.38. The quantitative estimate of drug-likeness (QED) is 0.734. The van der Waals surface area contributed by atoms with Crippen LogP contribution in [0.3, 0.4) is 0 Å². The molecule has 0 radical (unpaired) electrons. The van der Waals surface area contributed by atoms with Crippen LogP contribution in [0.4, 0.5) is 4.39 Å². The molecule has 6 heteroatoms. The Balaban J connectivity index is 1.39. The van der Waals surface area contributed by atoms with Crippen LogP contribution >= 0.6 is 0 Å². The maximum atomic E-state index is 12.8. The van der Waals surface area contributed by atoms with E-state index < -0.39 is 12.2 Å². The van der Waals surface area contributed by atoms with Crippen LogP contribution in [-0.4, -0.2) is 59.4 Å². The first kappa shape index (κ1) is 17.3. The number of amides is 1. The van der Waals surface area contributed by atoms with Gasteiger partial charge in [0.2, 0.25) is 5.91 Å². The number of likely N-dealkylation sites (tertiary alicyclic amines) is 1. The fourth-order valence-corrected chi connectivity index (χ4v) is 3.89. The monoisotopic (exact) mass is 336 g/mol. The van der Waals surface area contributed by atoms with E-state index in [1.54, 1.807) is 12.1 Å². The van der Waals surface area contributed by atoms with Crippen molar-refractivity contribution >= 4 is 5.91 Å². The van der Waals surface area contributed by atoms with Gasteiger partial charge in [0.1, 0.15) is 5.82 Å². The summed E-state index contributed by atoms with van der Waals surface area (Å²) in [6.07, 6.45) is 0.657. The van der Waals surface area contributed by atoms with Gasteiger partial charge in [0.15, 0.2) is 0 Å². The van der Waals surface area contributed by atoms with Gasteiger partial charge in [-0.05, 0) is 48.8 Å². The fourth-order valence-electron chi connectivity index (χ4n) is 3.89. The normalized spacial score (nSPS) is 30.1. The van der Waals surface area contributed by atoms with Crippen molar-refractivity contribution < 1.29 is 19.4 Å². The Kier molecular flexibility index (Phi) is 5.48. The summed E-state index contributed by atoms with van der Waals surface area (Å²) in [6, 6.07) is 6.30. The van der Waals surface area contributed by atoms with Gasteiger partial charge in [0.05, 0.1) is 18.8 Å². The van der Waals surface area contributed by atoms with Crippen molar-refractivity contribution in [2.75, 3.05) is 26.2 Å². The molecular formula is C18H25FN2O3. The summed E-state index contributed by atoms with van der Waals surface area (Å²) < 4.78 is 12.8. The molecule has 0 spiro atoms. The molecule has 1 aliphatic heterocycles. The van der Waals surface area contributed by atoms with Crippen molar-refractivity contribution in [2.24, 2.45) is 11.8 Å². The minimum Gasteiger partial charge on any atom is -0.390 e. The van der Waals surface area contributed by atoms with E-state index in [0.717, 1.165) is 18.7 Å². The smallest absolute Gasteiger partial charge is 0.234 e. The molecule has 0 unspecified atom stereocenters. The van der Waals surface area contributed by atoms with E-state index in [2.05, 4.69) is 10.2 Å². The van der Waals surface area contributed by atoms with Gasteiger partial charge < -0.3 is 15.5 Å². The number of hydrogen-bond donors (Lipinski definition) is 3. The third-order valence-corrected chi connectivity index (χ3v) is 5.20. The molecule has 1 amide bonds. The van der Waals surface area contributed by atoms with Gasteiger partial charge in [-0.25, -0.2) is 4.39 Å². The number of hydrogen-bond acceptors (Lipinski definition) is 4. The highest BCUT2D eigenvalue weighted by atomic mass is 19.1. The molecule has 4 atom stereocenters. The molecule has 0 aromatic heterocycles. The lowest BCUT2D eigenvalue weighted by atomic mass is 9.79. The maximum absolute atomic E-state index is 12.8. The Hall–Kier alpha value is -1.50. The largest absolute Gasteiger partial charge is 0.390 e. The van der Waals surface area contributed by atoms with Crippen LogP contribution in [0.5, 0.6) is 0 Å². The van der Waals surface area contributed by atoms with Crippen LogP contribution in [0.1, 0.15) is 18.4 Å². The lowest BCUT2D eigenvalue weighted by molar-refractivity contribution is -0.122. The van der Waals surface area contributed by atoms with Crippen molar-refractivity contribution in [3.8, 4) is 0 Å². The molecule has 5 nitrogen and oxygen atoms in total. The number of aliphatic hydroxyl groups is 2. The van der Waals surface area contributed by atoms with Crippen LogP contribution < -0.4 is 5.32 Å². The second-order valence-electron chi connectivity index (χ2n) is 7.05. The molecule has 132 valence electrons. The van der Waals surface area contributed by atoms with Crippen molar-refractivity contribution in [1.29, 1.82) is 0 Å². The van der Waals surface area contributed by atoms with Gasteiger partial charge in [-0.3, -0.25) is 9.69 Å². The summed E-state index contributed by atoms with van der Waals surface area (Å²) >= 11 is 0. The summed E-state index contributed by atoms with van der Waals surface area (Å²) in [6.45, 7) is 2.49. The zero-order chi connectivity index (χ0) is 17.1. The Bertz CT molecular complexity index is 548. The molecule has 3 N–H and O–H groups in total. The molecular weight excluding hydrogens is 311 g/mol. The van der Waals surface area contributed by atoms with Crippen LogP contribution in [0.2, 0.25) is 0 Å². The van der Waals surface area contributed by atoms with Crippen LogP contribution in [0, 0.1) is 17.7 Å². The molecule has 2 fully saturated rings. The predicted molar refractivity (Wildman–Crippen MR) is 87.8 cm³/mol. The van der Waals surface area contributed by atoms with Crippen molar-refractivity contribution in [2.45, 2.75) is 31.5 Å². The second kappa shape index (κ2) is 7.59. The number of nitrogens with zero attached hydrogens (tertiary/aromatic N) is 1.